The monoisotopic (exact) mass is 402 g/mol. The first kappa shape index (κ1) is 19.5. The lowest BCUT2D eigenvalue weighted by molar-refractivity contribution is -0.121. The van der Waals surface area contributed by atoms with Crippen LogP contribution in [0.1, 0.15) is 15.9 Å². The van der Waals surface area contributed by atoms with Crippen LogP contribution in [0.3, 0.4) is 0 Å². The van der Waals surface area contributed by atoms with E-state index < -0.39 is 0 Å². The zero-order chi connectivity index (χ0) is 20.9. The van der Waals surface area contributed by atoms with Crippen LogP contribution in [-0.2, 0) is 11.2 Å². The van der Waals surface area contributed by atoms with Crippen molar-refractivity contribution in [3.05, 3.63) is 83.9 Å². The molecule has 0 aromatic heterocycles. The van der Waals surface area contributed by atoms with Gasteiger partial charge in [-0.05, 0) is 42.3 Å². The van der Waals surface area contributed by atoms with Crippen LogP contribution in [0.5, 0.6) is 11.5 Å². The summed E-state index contributed by atoms with van der Waals surface area (Å²) in [5, 5.41) is 2.88. The van der Waals surface area contributed by atoms with E-state index in [-0.39, 0.29) is 18.4 Å². The number of hydrogen-bond donors (Lipinski definition) is 1. The van der Waals surface area contributed by atoms with Gasteiger partial charge < -0.3 is 19.7 Å². The minimum absolute atomic E-state index is 0.00864. The first-order valence-corrected chi connectivity index (χ1v) is 9.71. The number of carbonyl (C=O) groups excluding carboxylic acids is 2. The molecule has 3 aromatic rings. The second-order valence-corrected chi connectivity index (χ2v) is 6.91. The maximum absolute atomic E-state index is 12.7. The zero-order valence-electron chi connectivity index (χ0n) is 16.6. The van der Waals surface area contributed by atoms with Gasteiger partial charge >= 0.3 is 0 Å². The highest BCUT2D eigenvalue weighted by Crippen LogP contribution is 2.35. The largest absolute Gasteiger partial charge is 0.496 e. The van der Waals surface area contributed by atoms with Crippen LogP contribution in [0.4, 0.5) is 11.4 Å². The van der Waals surface area contributed by atoms with E-state index in [1.807, 2.05) is 36.4 Å². The molecule has 0 saturated carbocycles. The minimum atomic E-state index is -0.286. The average molecular weight is 402 g/mol. The molecular formula is C24H22N2O4. The first-order valence-electron chi connectivity index (χ1n) is 9.71. The fourth-order valence-electron chi connectivity index (χ4n) is 3.44. The van der Waals surface area contributed by atoms with Gasteiger partial charge in [-0.15, -0.1) is 0 Å². The smallest absolute Gasteiger partial charge is 0.265 e. The number of ether oxygens (including phenoxy) is 2. The number of hydrogen-bond acceptors (Lipinski definition) is 4. The molecule has 1 N–H and O–H groups in total. The van der Waals surface area contributed by atoms with E-state index in [1.54, 1.807) is 41.3 Å². The number of para-hydroxylation sites is 1. The van der Waals surface area contributed by atoms with Gasteiger partial charge in [0.25, 0.3) is 11.8 Å². The van der Waals surface area contributed by atoms with Gasteiger partial charge in [0.15, 0.2) is 6.61 Å². The Kier molecular flexibility index (Phi) is 5.66. The van der Waals surface area contributed by atoms with E-state index in [1.165, 1.54) is 7.11 Å². The van der Waals surface area contributed by atoms with Crippen molar-refractivity contribution in [1.29, 1.82) is 0 Å². The summed E-state index contributed by atoms with van der Waals surface area (Å²) in [6, 6.07) is 22.3. The van der Waals surface area contributed by atoms with Crippen molar-refractivity contribution in [1.82, 2.24) is 0 Å². The Labute approximate surface area is 175 Å². The van der Waals surface area contributed by atoms with Crippen molar-refractivity contribution in [2.45, 2.75) is 6.42 Å². The molecule has 0 unspecified atom stereocenters. The highest BCUT2D eigenvalue weighted by atomic mass is 16.5. The third kappa shape index (κ3) is 4.12. The van der Waals surface area contributed by atoms with E-state index in [0.717, 1.165) is 12.0 Å². The normalized spacial score (nSPS) is 12.7. The van der Waals surface area contributed by atoms with Crippen LogP contribution in [0.15, 0.2) is 72.8 Å². The number of nitrogens with one attached hydrogen (secondary N) is 1. The van der Waals surface area contributed by atoms with Gasteiger partial charge in [-0.25, -0.2) is 0 Å². The second kappa shape index (κ2) is 8.69. The van der Waals surface area contributed by atoms with Crippen molar-refractivity contribution < 1.29 is 19.1 Å². The highest BCUT2D eigenvalue weighted by Gasteiger charge is 2.26. The highest BCUT2D eigenvalue weighted by molar-refractivity contribution is 6.07. The Bertz CT molecular complexity index is 1070. The number of amides is 2. The summed E-state index contributed by atoms with van der Waals surface area (Å²) in [6.45, 7) is 0.540. The van der Waals surface area contributed by atoms with Crippen LogP contribution in [0.2, 0.25) is 0 Å². The summed E-state index contributed by atoms with van der Waals surface area (Å²) in [5.41, 5.74) is 2.82. The summed E-state index contributed by atoms with van der Waals surface area (Å²) in [6.07, 6.45) is 0.726. The van der Waals surface area contributed by atoms with Crippen LogP contribution in [0, 0.1) is 0 Å². The molecule has 0 radical (unpaired) electrons. The number of rotatable bonds is 6. The lowest BCUT2D eigenvalue weighted by Crippen LogP contribution is -2.40. The van der Waals surface area contributed by atoms with Gasteiger partial charge in [0.2, 0.25) is 0 Å². The Hall–Kier alpha value is -3.80. The molecule has 0 saturated heterocycles. The molecule has 152 valence electrons. The standard InChI is InChI=1S/C24H22N2O4/c1-29-21-10-6-5-9-19(21)24(28)25-18-11-12-22-20(15-18)26(23(27)16-30-22)14-13-17-7-3-2-4-8-17/h2-12,15H,13-14,16H2,1H3,(H,25,28). The molecule has 1 aliphatic heterocycles. The molecule has 6 nitrogen and oxygen atoms in total. The molecule has 6 heteroatoms. The van der Waals surface area contributed by atoms with Gasteiger partial charge in [0.1, 0.15) is 11.5 Å². The predicted octanol–water partition coefficient (Wildman–Crippen LogP) is 3.92. The molecule has 3 aromatic carbocycles. The van der Waals surface area contributed by atoms with Gasteiger partial charge in [0.05, 0.1) is 18.4 Å². The van der Waals surface area contributed by atoms with Crippen molar-refractivity contribution >= 4 is 23.2 Å². The van der Waals surface area contributed by atoms with E-state index in [4.69, 9.17) is 9.47 Å². The molecule has 1 aliphatic rings. The zero-order valence-corrected chi connectivity index (χ0v) is 16.6. The molecule has 0 atom stereocenters. The summed E-state index contributed by atoms with van der Waals surface area (Å²) in [4.78, 5) is 26.9. The van der Waals surface area contributed by atoms with Crippen molar-refractivity contribution in [3.8, 4) is 11.5 Å². The molecule has 0 bridgehead atoms. The van der Waals surface area contributed by atoms with Gasteiger partial charge in [-0.1, -0.05) is 42.5 Å². The van der Waals surface area contributed by atoms with E-state index >= 15 is 0 Å². The molecule has 0 aliphatic carbocycles. The van der Waals surface area contributed by atoms with Gasteiger partial charge in [-0.3, -0.25) is 9.59 Å². The molecular weight excluding hydrogens is 380 g/mol. The molecule has 0 fully saturated rings. The van der Waals surface area contributed by atoms with Gasteiger partial charge in [-0.2, -0.15) is 0 Å². The Morgan fingerprint density at radius 3 is 2.63 bits per heavy atom. The molecule has 1 heterocycles. The van der Waals surface area contributed by atoms with E-state index in [9.17, 15) is 9.59 Å². The molecule has 30 heavy (non-hydrogen) atoms. The number of fused-ring (bicyclic) bond motifs is 1. The van der Waals surface area contributed by atoms with Crippen molar-refractivity contribution in [2.24, 2.45) is 0 Å². The summed E-state index contributed by atoms with van der Waals surface area (Å²) >= 11 is 0. The van der Waals surface area contributed by atoms with Crippen LogP contribution < -0.4 is 19.7 Å². The fourth-order valence-corrected chi connectivity index (χ4v) is 3.44. The van der Waals surface area contributed by atoms with E-state index in [2.05, 4.69) is 5.32 Å². The number of benzene rings is 3. The van der Waals surface area contributed by atoms with Crippen LogP contribution in [-0.4, -0.2) is 32.1 Å². The maximum atomic E-state index is 12.7. The minimum Gasteiger partial charge on any atom is -0.496 e. The first-order chi connectivity index (χ1) is 14.7. The Morgan fingerprint density at radius 2 is 1.83 bits per heavy atom. The Balaban J connectivity index is 1.55. The lowest BCUT2D eigenvalue weighted by Gasteiger charge is -2.30. The SMILES string of the molecule is COc1ccccc1C(=O)Nc1ccc2c(c1)N(CCc1ccccc1)C(=O)CO2. The van der Waals surface area contributed by atoms with Crippen molar-refractivity contribution in [3.63, 3.8) is 0 Å². The molecule has 0 spiro atoms. The third-order valence-electron chi connectivity index (χ3n) is 4.98. The number of anilines is 2. The maximum Gasteiger partial charge on any atom is 0.265 e. The topological polar surface area (TPSA) is 67.9 Å². The lowest BCUT2D eigenvalue weighted by atomic mass is 10.1. The van der Waals surface area contributed by atoms with Crippen LogP contribution >= 0.6 is 0 Å². The van der Waals surface area contributed by atoms with Crippen LogP contribution in [0.25, 0.3) is 0 Å². The van der Waals surface area contributed by atoms with Gasteiger partial charge in [0, 0.05) is 12.2 Å². The fraction of sp³-hybridized carbons (Fsp3) is 0.167. The Morgan fingerprint density at radius 1 is 1.07 bits per heavy atom. The summed E-state index contributed by atoms with van der Waals surface area (Å²) in [5.74, 6) is 0.729. The predicted molar refractivity (Wildman–Crippen MR) is 115 cm³/mol. The number of methoxy groups -OCH3 is 1. The second-order valence-electron chi connectivity index (χ2n) is 6.91. The number of nitrogens with zero attached hydrogens (tertiary/aromatic N) is 1. The quantitative estimate of drug-likeness (QED) is 0.679. The summed E-state index contributed by atoms with van der Waals surface area (Å²) in [7, 11) is 1.53. The summed E-state index contributed by atoms with van der Waals surface area (Å²) < 4.78 is 10.8. The molecule has 4 rings (SSSR count). The average Bonchev–Trinajstić information content (AvgIpc) is 2.79. The molecule has 2 amide bonds. The van der Waals surface area contributed by atoms with E-state index in [0.29, 0.717) is 35.0 Å². The van der Waals surface area contributed by atoms with Crippen molar-refractivity contribution in [2.75, 3.05) is 30.5 Å². The third-order valence-corrected chi connectivity index (χ3v) is 4.98. The number of carbonyl (C=O) groups is 2.